The van der Waals surface area contributed by atoms with E-state index in [-0.39, 0.29) is 0 Å². The summed E-state index contributed by atoms with van der Waals surface area (Å²) in [5, 5.41) is 0. The molecule has 24 heavy (non-hydrogen) atoms. The van der Waals surface area contributed by atoms with Crippen molar-refractivity contribution in [2.75, 3.05) is 0 Å². The number of hydrogen-bond acceptors (Lipinski definition) is 0. The first kappa shape index (κ1) is 25.5. The first-order chi connectivity index (χ1) is 10.8. The van der Waals surface area contributed by atoms with Crippen LogP contribution in [0.1, 0.15) is 107 Å². The lowest BCUT2D eigenvalue weighted by atomic mass is 9.78. The second kappa shape index (κ2) is 12.6. The van der Waals surface area contributed by atoms with Crippen molar-refractivity contribution in [1.82, 2.24) is 0 Å². The van der Waals surface area contributed by atoms with E-state index in [1.807, 2.05) is 6.07 Å². The van der Waals surface area contributed by atoms with E-state index in [1.165, 1.54) is 24.8 Å². The molecule has 0 unspecified atom stereocenters. The second-order valence-electron chi connectivity index (χ2n) is 10.0. The van der Waals surface area contributed by atoms with Gasteiger partial charge >= 0.3 is 0 Å². The average Bonchev–Trinajstić information content (AvgIpc) is 2.36. The summed E-state index contributed by atoms with van der Waals surface area (Å²) in [4.78, 5) is 0. The Labute approximate surface area is 154 Å². The minimum absolute atomic E-state index is 0.484. The van der Waals surface area contributed by atoms with Crippen LogP contribution in [0.4, 0.5) is 0 Å². The first-order valence-electron chi connectivity index (χ1n) is 9.83. The van der Waals surface area contributed by atoms with Crippen molar-refractivity contribution >= 4 is 0 Å². The van der Waals surface area contributed by atoms with Gasteiger partial charge in [-0.1, -0.05) is 119 Å². The Hall–Kier alpha value is -0.780. The molecule has 0 aliphatic rings. The SMILES string of the molecule is CC(C)(C)CC(C)(C)C.CC(C)c1ccccc1.CCCC(C)C. The number of benzene rings is 1. The highest BCUT2D eigenvalue weighted by Crippen LogP contribution is 2.31. The molecule has 0 aromatic heterocycles. The molecule has 1 rings (SSSR count). The van der Waals surface area contributed by atoms with Crippen LogP contribution in [0.2, 0.25) is 0 Å². The zero-order valence-electron chi connectivity index (χ0n) is 18.7. The van der Waals surface area contributed by atoms with Gasteiger partial charge in [-0.25, -0.2) is 0 Å². The van der Waals surface area contributed by atoms with E-state index in [4.69, 9.17) is 0 Å². The highest BCUT2D eigenvalue weighted by atomic mass is 14.3. The minimum Gasteiger partial charge on any atom is -0.0654 e. The van der Waals surface area contributed by atoms with E-state index >= 15 is 0 Å². The van der Waals surface area contributed by atoms with Crippen molar-refractivity contribution in [3.05, 3.63) is 35.9 Å². The summed E-state index contributed by atoms with van der Waals surface area (Å²) in [6, 6.07) is 10.5. The number of rotatable bonds is 3. The normalized spacial score (nSPS) is 11.5. The summed E-state index contributed by atoms with van der Waals surface area (Å²) in [6.45, 7) is 24.9. The lowest BCUT2D eigenvalue weighted by Gasteiger charge is -2.28. The summed E-state index contributed by atoms with van der Waals surface area (Å²) < 4.78 is 0. The molecule has 0 saturated carbocycles. The third-order valence-electron chi connectivity index (χ3n) is 3.39. The smallest absolute Gasteiger partial charge is 0.0219 e. The molecule has 142 valence electrons. The molecular formula is C24H46. The minimum atomic E-state index is 0.484. The Balaban J connectivity index is 0. The van der Waals surface area contributed by atoms with Crippen LogP contribution in [-0.4, -0.2) is 0 Å². The molecule has 0 saturated heterocycles. The van der Waals surface area contributed by atoms with Gasteiger partial charge in [0, 0.05) is 0 Å². The predicted octanol–water partition coefficient (Wildman–Crippen LogP) is 8.72. The zero-order chi connectivity index (χ0) is 19.4. The predicted molar refractivity (Wildman–Crippen MR) is 114 cm³/mol. The van der Waals surface area contributed by atoms with Gasteiger partial charge in [-0.15, -0.1) is 0 Å². The van der Waals surface area contributed by atoms with E-state index in [1.54, 1.807) is 0 Å². The van der Waals surface area contributed by atoms with Gasteiger partial charge in [0.15, 0.2) is 0 Å². The van der Waals surface area contributed by atoms with Crippen molar-refractivity contribution in [1.29, 1.82) is 0 Å². The van der Waals surface area contributed by atoms with Crippen molar-refractivity contribution in [2.24, 2.45) is 16.7 Å². The molecule has 0 fully saturated rings. The second-order valence-corrected chi connectivity index (χ2v) is 10.0. The molecule has 0 amide bonds. The van der Waals surface area contributed by atoms with Crippen LogP contribution in [0.15, 0.2) is 30.3 Å². The standard InChI is InChI=1S/C9H12.C9H20.C6H14/c1-8(2)9-6-4-3-5-7-9;1-8(2,3)7-9(4,5)6;1-4-5-6(2)3/h3-8H,1-2H3;7H2,1-6H3;6H,4-5H2,1-3H3. The maximum absolute atomic E-state index is 2.29. The van der Waals surface area contributed by atoms with E-state index in [2.05, 4.69) is 100 Å². The topological polar surface area (TPSA) is 0 Å². The summed E-state index contributed by atoms with van der Waals surface area (Å²) in [5.41, 5.74) is 2.38. The third-order valence-corrected chi connectivity index (χ3v) is 3.39. The zero-order valence-corrected chi connectivity index (χ0v) is 18.7. The molecule has 0 heteroatoms. The van der Waals surface area contributed by atoms with Crippen molar-refractivity contribution < 1.29 is 0 Å². The van der Waals surface area contributed by atoms with Gasteiger partial charge in [0.2, 0.25) is 0 Å². The Kier molecular flexibility index (Phi) is 13.3. The molecule has 1 aromatic carbocycles. The van der Waals surface area contributed by atoms with Gasteiger partial charge in [0.25, 0.3) is 0 Å². The van der Waals surface area contributed by atoms with Gasteiger partial charge in [-0.2, -0.15) is 0 Å². The fourth-order valence-electron chi connectivity index (χ4n) is 3.01. The third kappa shape index (κ3) is 21.2. The molecule has 1 aromatic rings. The van der Waals surface area contributed by atoms with Crippen LogP contribution in [0.25, 0.3) is 0 Å². The molecule has 0 nitrogen and oxygen atoms in total. The Bertz CT molecular complexity index is 359. The van der Waals surface area contributed by atoms with Crippen LogP contribution < -0.4 is 0 Å². The quantitative estimate of drug-likeness (QED) is 0.518. The number of hydrogen-bond donors (Lipinski definition) is 0. The lowest BCUT2D eigenvalue weighted by Crippen LogP contribution is -2.16. The van der Waals surface area contributed by atoms with Crippen LogP contribution in [0.5, 0.6) is 0 Å². The van der Waals surface area contributed by atoms with Crippen molar-refractivity contribution in [3.8, 4) is 0 Å². The largest absolute Gasteiger partial charge is 0.0654 e. The maximum Gasteiger partial charge on any atom is -0.0219 e. The fraction of sp³-hybridized carbons (Fsp3) is 0.750. The van der Waals surface area contributed by atoms with E-state index < -0.39 is 0 Å². The van der Waals surface area contributed by atoms with Gasteiger partial charge in [-0.05, 0) is 34.7 Å². The van der Waals surface area contributed by atoms with Crippen LogP contribution >= 0.6 is 0 Å². The van der Waals surface area contributed by atoms with Gasteiger partial charge in [0.05, 0.1) is 0 Å². The fourth-order valence-corrected chi connectivity index (χ4v) is 3.01. The molecule has 0 aliphatic heterocycles. The average molecular weight is 335 g/mol. The van der Waals surface area contributed by atoms with E-state index in [0.717, 1.165) is 5.92 Å². The van der Waals surface area contributed by atoms with Gasteiger partial charge in [-0.3, -0.25) is 0 Å². The van der Waals surface area contributed by atoms with Crippen LogP contribution in [0, 0.1) is 16.7 Å². The van der Waals surface area contributed by atoms with Crippen LogP contribution in [0.3, 0.4) is 0 Å². The van der Waals surface area contributed by atoms with Gasteiger partial charge < -0.3 is 0 Å². The molecule has 0 spiro atoms. The molecule has 0 N–H and O–H groups in total. The highest BCUT2D eigenvalue weighted by molar-refractivity contribution is 5.17. The highest BCUT2D eigenvalue weighted by Gasteiger charge is 2.20. The van der Waals surface area contributed by atoms with Crippen molar-refractivity contribution in [3.63, 3.8) is 0 Å². The molecule has 0 heterocycles. The molecular weight excluding hydrogens is 288 g/mol. The van der Waals surface area contributed by atoms with E-state index in [0.29, 0.717) is 16.7 Å². The monoisotopic (exact) mass is 334 g/mol. The Morgan fingerprint density at radius 3 is 1.29 bits per heavy atom. The lowest BCUT2D eigenvalue weighted by molar-refractivity contribution is 0.233. The summed E-state index contributed by atoms with van der Waals surface area (Å²) in [7, 11) is 0. The first-order valence-corrected chi connectivity index (χ1v) is 9.83. The molecule has 0 aliphatic carbocycles. The van der Waals surface area contributed by atoms with Crippen molar-refractivity contribution in [2.45, 2.75) is 101 Å². The molecule has 0 bridgehead atoms. The van der Waals surface area contributed by atoms with Crippen LogP contribution in [-0.2, 0) is 0 Å². The molecule has 0 radical (unpaired) electrons. The molecule has 0 atom stereocenters. The Morgan fingerprint density at radius 2 is 1.17 bits per heavy atom. The Morgan fingerprint density at radius 1 is 0.750 bits per heavy atom. The summed E-state index contributed by atoms with van der Waals surface area (Å²) >= 11 is 0. The van der Waals surface area contributed by atoms with Gasteiger partial charge in [0.1, 0.15) is 0 Å². The summed E-state index contributed by atoms with van der Waals surface area (Å²) in [5.74, 6) is 1.56. The van der Waals surface area contributed by atoms with E-state index in [9.17, 15) is 0 Å². The summed E-state index contributed by atoms with van der Waals surface area (Å²) in [6.07, 6.45) is 4.00. The maximum atomic E-state index is 2.29.